The van der Waals surface area contributed by atoms with Crippen LogP contribution in [0, 0.1) is 5.92 Å². The third-order valence-corrected chi connectivity index (χ3v) is 2.68. The fraction of sp³-hybridized carbons (Fsp3) is 0.923. The van der Waals surface area contributed by atoms with Crippen molar-refractivity contribution in [3.63, 3.8) is 0 Å². The van der Waals surface area contributed by atoms with Gasteiger partial charge >= 0.3 is 0 Å². The Morgan fingerprint density at radius 1 is 1.26 bits per heavy atom. The summed E-state index contributed by atoms with van der Waals surface area (Å²) in [6, 6.07) is 0. The van der Waals surface area contributed by atoms with Crippen molar-refractivity contribution in [2.45, 2.75) is 33.1 Å². The van der Waals surface area contributed by atoms with Crippen molar-refractivity contribution in [2.24, 2.45) is 10.9 Å². The molecule has 6 heteroatoms. The quantitative estimate of drug-likeness (QED) is 0.231. The molecule has 19 heavy (non-hydrogen) atoms. The van der Waals surface area contributed by atoms with Gasteiger partial charge in [0.05, 0.1) is 6.61 Å². The Morgan fingerprint density at radius 2 is 2.00 bits per heavy atom. The zero-order valence-electron chi connectivity index (χ0n) is 12.4. The second kappa shape index (κ2) is 16.0. The normalized spacial score (nSPS) is 12.7. The molecular formula is C13H30IN3O2. The number of hydrogen-bond donors (Lipinski definition) is 3. The van der Waals surface area contributed by atoms with Crippen LogP contribution in [0.3, 0.4) is 0 Å². The molecule has 0 rings (SSSR count). The van der Waals surface area contributed by atoms with Gasteiger partial charge in [-0.3, -0.25) is 4.99 Å². The zero-order chi connectivity index (χ0) is 13.6. The fourth-order valence-corrected chi connectivity index (χ4v) is 1.75. The number of methoxy groups -OCH3 is 1. The van der Waals surface area contributed by atoms with E-state index in [1.165, 1.54) is 0 Å². The van der Waals surface area contributed by atoms with E-state index in [-0.39, 0.29) is 30.6 Å². The van der Waals surface area contributed by atoms with Gasteiger partial charge in [-0.15, -0.1) is 24.0 Å². The maximum Gasteiger partial charge on any atom is 0.191 e. The van der Waals surface area contributed by atoms with Crippen LogP contribution in [0.2, 0.25) is 0 Å². The summed E-state index contributed by atoms with van der Waals surface area (Å²) in [4.78, 5) is 4.55. The van der Waals surface area contributed by atoms with E-state index in [2.05, 4.69) is 22.5 Å². The van der Waals surface area contributed by atoms with Crippen LogP contribution in [0.5, 0.6) is 0 Å². The second-order valence-corrected chi connectivity index (χ2v) is 4.31. The van der Waals surface area contributed by atoms with Gasteiger partial charge in [-0.1, -0.05) is 13.3 Å². The molecule has 0 aromatic heterocycles. The number of halogens is 1. The monoisotopic (exact) mass is 387 g/mol. The molecule has 1 atom stereocenters. The first-order chi connectivity index (χ1) is 8.78. The third kappa shape index (κ3) is 12.7. The first kappa shape index (κ1) is 21.2. The summed E-state index contributed by atoms with van der Waals surface area (Å²) in [5, 5.41) is 15.4. The highest BCUT2D eigenvalue weighted by Gasteiger charge is 2.07. The minimum atomic E-state index is 0. The van der Waals surface area contributed by atoms with Crippen molar-refractivity contribution in [3.05, 3.63) is 0 Å². The van der Waals surface area contributed by atoms with Gasteiger partial charge in [0.1, 0.15) is 0 Å². The Kier molecular flexibility index (Phi) is 17.8. The summed E-state index contributed by atoms with van der Waals surface area (Å²) in [6.45, 7) is 7.48. The van der Waals surface area contributed by atoms with Crippen LogP contribution in [-0.4, -0.2) is 51.0 Å². The van der Waals surface area contributed by atoms with Crippen LogP contribution in [0.15, 0.2) is 4.99 Å². The van der Waals surface area contributed by atoms with Crippen LogP contribution >= 0.6 is 24.0 Å². The van der Waals surface area contributed by atoms with Gasteiger partial charge in [0, 0.05) is 33.4 Å². The van der Waals surface area contributed by atoms with Crippen LogP contribution in [0.4, 0.5) is 0 Å². The van der Waals surface area contributed by atoms with Gasteiger partial charge in [-0.05, 0) is 25.7 Å². The molecule has 0 amide bonds. The van der Waals surface area contributed by atoms with Crippen LogP contribution < -0.4 is 10.6 Å². The minimum absolute atomic E-state index is 0. The van der Waals surface area contributed by atoms with E-state index < -0.39 is 0 Å². The van der Waals surface area contributed by atoms with E-state index in [1.807, 2.05) is 6.92 Å². The highest BCUT2D eigenvalue weighted by molar-refractivity contribution is 14.0. The minimum Gasteiger partial charge on any atom is -0.396 e. The number of aliphatic hydroxyl groups excluding tert-OH is 1. The van der Waals surface area contributed by atoms with Crippen molar-refractivity contribution in [1.82, 2.24) is 10.6 Å². The van der Waals surface area contributed by atoms with Crippen molar-refractivity contribution in [1.29, 1.82) is 0 Å². The van der Waals surface area contributed by atoms with E-state index in [4.69, 9.17) is 9.84 Å². The molecular weight excluding hydrogens is 357 g/mol. The molecule has 0 saturated carbocycles. The lowest BCUT2D eigenvalue weighted by Gasteiger charge is -2.15. The number of hydrogen-bond acceptors (Lipinski definition) is 3. The number of rotatable bonds is 10. The second-order valence-electron chi connectivity index (χ2n) is 4.31. The molecule has 0 bridgehead atoms. The topological polar surface area (TPSA) is 65.9 Å². The lowest BCUT2D eigenvalue weighted by molar-refractivity contribution is 0.203. The van der Waals surface area contributed by atoms with Crippen LogP contribution in [0.25, 0.3) is 0 Å². The highest BCUT2D eigenvalue weighted by atomic mass is 127. The predicted molar refractivity (Wildman–Crippen MR) is 91.4 cm³/mol. The van der Waals surface area contributed by atoms with E-state index in [0.29, 0.717) is 12.5 Å². The molecule has 0 aliphatic rings. The number of nitrogens with zero attached hydrogens (tertiary/aromatic N) is 1. The lowest BCUT2D eigenvalue weighted by atomic mass is 10.0. The maximum absolute atomic E-state index is 9.01. The van der Waals surface area contributed by atoms with E-state index in [9.17, 15) is 0 Å². The number of aliphatic hydroxyl groups is 1. The predicted octanol–water partition coefficient (Wildman–Crippen LogP) is 1.60. The van der Waals surface area contributed by atoms with Gasteiger partial charge < -0.3 is 20.5 Å². The molecule has 0 spiro atoms. The molecule has 0 aromatic carbocycles. The largest absolute Gasteiger partial charge is 0.396 e. The molecule has 0 aliphatic heterocycles. The standard InChI is InChI=1S/C13H29N3O2.HI/c1-4-6-12(7-9-17)11-16-13(14-5-2)15-8-10-18-3;/h12,17H,4-11H2,1-3H3,(H2,14,15,16);1H. The van der Waals surface area contributed by atoms with Gasteiger partial charge in [-0.25, -0.2) is 0 Å². The Hall–Kier alpha value is -0.0800. The molecule has 0 aromatic rings. The smallest absolute Gasteiger partial charge is 0.191 e. The highest BCUT2D eigenvalue weighted by Crippen LogP contribution is 2.10. The van der Waals surface area contributed by atoms with E-state index >= 15 is 0 Å². The zero-order valence-corrected chi connectivity index (χ0v) is 14.8. The fourth-order valence-electron chi connectivity index (χ4n) is 1.75. The first-order valence-corrected chi connectivity index (χ1v) is 6.90. The molecule has 0 saturated heterocycles. The van der Waals surface area contributed by atoms with Crippen molar-refractivity contribution in [2.75, 3.05) is 40.0 Å². The molecule has 0 aliphatic carbocycles. The molecule has 3 N–H and O–H groups in total. The maximum atomic E-state index is 9.01. The molecule has 0 radical (unpaired) electrons. The Labute approximate surface area is 134 Å². The Balaban J connectivity index is 0. The van der Waals surface area contributed by atoms with Gasteiger partial charge in [0.2, 0.25) is 0 Å². The Bertz CT molecular complexity index is 210. The Morgan fingerprint density at radius 3 is 2.53 bits per heavy atom. The summed E-state index contributed by atoms with van der Waals surface area (Å²) < 4.78 is 4.99. The SMILES string of the molecule is CCCC(CCO)CN=C(NCC)NCCOC.I. The number of ether oxygens (including phenoxy) is 1. The van der Waals surface area contributed by atoms with Gasteiger partial charge in [0.15, 0.2) is 5.96 Å². The van der Waals surface area contributed by atoms with Gasteiger partial charge in [0.25, 0.3) is 0 Å². The van der Waals surface area contributed by atoms with Gasteiger partial charge in [-0.2, -0.15) is 0 Å². The average molecular weight is 387 g/mol. The molecule has 5 nitrogen and oxygen atoms in total. The number of guanidine groups is 1. The molecule has 116 valence electrons. The summed E-state index contributed by atoms with van der Waals surface area (Å²) in [5.74, 6) is 1.30. The molecule has 1 unspecified atom stereocenters. The lowest BCUT2D eigenvalue weighted by Crippen LogP contribution is -2.39. The van der Waals surface area contributed by atoms with Crippen molar-refractivity contribution < 1.29 is 9.84 Å². The van der Waals surface area contributed by atoms with Crippen LogP contribution in [0.1, 0.15) is 33.1 Å². The van der Waals surface area contributed by atoms with Crippen molar-refractivity contribution >= 4 is 29.9 Å². The molecule has 0 fully saturated rings. The summed E-state index contributed by atoms with van der Waals surface area (Å²) in [5.41, 5.74) is 0. The van der Waals surface area contributed by atoms with E-state index in [1.54, 1.807) is 7.11 Å². The molecule has 0 heterocycles. The number of nitrogens with one attached hydrogen (secondary N) is 2. The third-order valence-electron chi connectivity index (χ3n) is 2.68. The van der Waals surface area contributed by atoms with E-state index in [0.717, 1.165) is 44.9 Å². The first-order valence-electron chi connectivity index (χ1n) is 6.90. The summed E-state index contributed by atoms with van der Waals surface area (Å²) in [7, 11) is 1.68. The average Bonchev–Trinajstić information content (AvgIpc) is 2.36. The summed E-state index contributed by atoms with van der Waals surface area (Å²) in [6.07, 6.45) is 3.07. The number of aliphatic imine (C=N–C) groups is 1. The van der Waals surface area contributed by atoms with Crippen LogP contribution in [-0.2, 0) is 4.74 Å². The van der Waals surface area contributed by atoms with Crippen molar-refractivity contribution in [3.8, 4) is 0 Å². The summed E-state index contributed by atoms with van der Waals surface area (Å²) >= 11 is 0.